The summed E-state index contributed by atoms with van der Waals surface area (Å²) in [4.78, 5) is 16.2. The van der Waals surface area contributed by atoms with Gasteiger partial charge in [0.05, 0.1) is 7.11 Å². The van der Waals surface area contributed by atoms with E-state index in [1.165, 1.54) is 7.11 Å². The molecule has 0 bridgehead atoms. The molecule has 0 amide bonds. The Bertz CT molecular complexity index is 221. The first-order valence-electron chi connectivity index (χ1n) is 5.58. The number of ether oxygens (including phenoxy) is 1. The Morgan fingerprint density at radius 2 is 1.80 bits per heavy atom. The lowest BCUT2D eigenvalue weighted by Crippen LogP contribution is -2.58. The molecule has 1 aliphatic rings. The quantitative estimate of drug-likeness (QED) is 0.643. The number of nitrogens with zero attached hydrogens (tertiary/aromatic N) is 2. The van der Waals surface area contributed by atoms with Crippen LogP contribution < -0.4 is 0 Å². The number of likely N-dealkylation sites (N-methyl/N-ethyl adjacent to an activating group) is 1. The van der Waals surface area contributed by atoms with Crippen molar-refractivity contribution in [2.24, 2.45) is 0 Å². The fraction of sp³-hybridized carbons (Fsp3) is 0.909. The van der Waals surface area contributed by atoms with Crippen LogP contribution in [0.4, 0.5) is 0 Å². The summed E-state index contributed by atoms with van der Waals surface area (Å²) in [5, 5.41) is 0. The average molecular weight is 214 g/mol. The highest BCUT2D eigenvalue weighted by atomic mass is 16.5. The predicted octanol–water partition coefficient (Wildman–Crippen LogP) is 0.575. The number of carbonyl (C=O) groups is 1. The highest BCUT2D eigenvalue weighted by Crippen LogP contribution is 2.18. The Morgan fingerprint density at radius 1 is 1.27 bits per heavy atom. The maximum absolute atomic E-state index is 11.6. The summed E-state index contributed by atoms with van der Waals surface area (Å²) in [5.41, 5.74) is -0.491. The van der Waals surface area contributed by atoms with Crippen LogP contribution in [0.25, 0.3) is 0 Å². The van der Waals surface area contributed by atoms with Crippen LogP contribution in [0.15, 0.2) is 0 Å². The van der Waals surface area contributed by atoms with Crippen LogP contribution in [0.2, 0.25) is 0 Å². The van der Waals surface area contributed by atoms with Crippen molar-refractivity contribution in [2.75, 3.05) is 39.8 Å². The average Bonchev–Trinajstić information content (AvgIpc) is 2.28. The Hall–Kier alpha value is -0.610. The van der Waals surface area contributed by atoms with Crippen molar-refractivity contribution in [2.45, 2.75) is 26.3 Å². The van der Waals surface area contributed by atoms with E-state index in [2.05, 4.69) is 16.7 Å². The molecule has 0 saturated carbocycles. The van der Waals surface area contributed by atoms with Gasteiger partial charge in [-0.2, -0.15) is 0 Å². The zero-order valence-electron chi connectivity index (χ0n) is 10.2. The Labute approximate surface area is 92.2 Å². The van der Waals surface area contributed by atoms with Gasteiger partial charge in [-0.15, -0.1) is 0 Å². The second-order valence-corrected chi connectivity index (χ2v) is 4.47. The molecule has 1 saturated heterocycles. The van der Waals surface area contributed by atoms with Gasteiger partial charge in [0.1, 0.15) is 5.54 Å². The molecule has 1 rings (SSSR count). The third kappa shape index (κ3) is 2.69. The van der Waals surface area contributed by atoms with E-state index in [-0.39, 0.29) is 5.97 Å². The fourth-order valence-electron chi connectivity index (χ4n) is 2.00. The van der Waals surface area contributed by atoms with Gasteiger partial charge in [-0.1, -0.05) is 6.92 Å². The number of carbonyl (C=O) groups excluding carboxylic acids is 1. The lowest BCUT2D eigenvalue weighted by atomic mass is 10.0. The summed E-state index contributed by atoms with van der Waals surface area (Å²) in [6, 6.07) is 0. The minimum Gasteiger partial charge on any atom is -0.468 e. The number of esters is 1. The van der Waals surface area contributed by atoms with Gasteiger partial charge >= 0.3 is 5.97 Å². The summed E-state index contributed by atoms with van der Waals surface area (Å²) in [7, 11) is 1.45. The molecule has 0 aliphatic carbocycles. The Morgan fingerprint density at radius 3 is 2.20 bits per heavy atom. The highest BCUT2D eigenvalue weighted by Gasteiger charge is 2.36. The lowest BCUT2D eigenvalue weighted by molar-refractivity contribution is -0.154. The van der Waals surface area contributed by atoms with Gasteiger partial charge in [0, 0.05) is 26.2 Å². The maximum atomic E-state index is 11.6. The van der Waals surface area contributed by atoms with Gasteiger partial charge < -0.3 is 9.64 Å². The maximum Gasteiger partial charge on any atom is 0.325 e. The molecule has 0 spiro atoms. The van der Waals surface area contributed by atoms with E-state index in [0.29, 0.717) is 0 Å². The van der Waals surface area contributed by atoms with Gasteiger partial charge in [0.2, 0.25) is 0 Å². The Kier molecular flexibility index (Phi) is 4.11. The van der Waals surface area contributed by atoms with Crippen molar-refractivity contribution in [3.63, 3.8) is 0 Å². The molecular weight excluding hydrogens is 192 g/mol. The number of hydrogen-bond acceptors (Lipinski definition) is 4. The van der Waals surface area contributed by atoms with E-state index < -0.39 is 5.54 Å². The Balaban J connectivity index is 2.55. The van der Waals surface area contributed by atoms with Gasteiger partial charge in [-0.05, 0) is 20.4 Å². The first kappa shape index (κ1) is 12.5. The second-order valence-electron chi connectivity index (χ2n) is 4.47. The van der Waals surface area contributed by atoms with Crippen LogP contribution in [0.5, 0.6) is 0 Å². The fourth-order valence-corrected chi connectivity index (χ4v) is 2.00. The van der Waals surface area contributed by atoms with E-state index in [9.17, 15) is 4.79 Å². The number of piperazine rings is 1. The van der Waals surface area contributed by atoms with Crippen LogP contribution in [-0.2, 0) is 9.53 Å². The smallest absolute Gasteiger partial charge is 0.325 e. The van der Waals surface area contributed by atoms with E-state index in [4.69, 9.17) is 4.74 Å². The molecule has 88 valence electrons. The molecule has 0 radical (unpaired) electrons. The van der Waals surface area contributed by atoms with Crippen molar-refractivity contribution in [1.82, 2.24) is 9.80 Å². The van der Waals surface area contributed by atoms with E-state index in [1.807, 2.05) is 13.8 Å². The number of methoxy groups -OCH3 is 1. The van der Waals surface area contributed by atoms with Crippen molar-refractivity contribution < 1.29 is 9.53 Å². The molecule has 0 aromatic heterocycles. The summed E-state index contributed by atoms with van der Waals surface area (Å²) >= 11 is 0. The normalized spacial score (nSPS) is 20.3. The molecule has 0 aromatic rings. The molecule has 1 heterocycles. The SMILES string of the molecule is CCN1CCN(C(C)(C)C(=O)OC)CC1. The van der Waals surface area contributed by atoms with Gasteiger partial charge in [0.25, 0.3) is 0 Å². The van der Waals surface area contributed by atoms with Crippen molar-refractivity contribution >= 4 is 5.97 Å². The largest absolute Gasteiger partial charge is 0.468 e. The lowest BCUT2D eigenvalue weighted by Gasteiger charge is -2.41. The van der Waals surface area contributed by atoms with Crippen LogP contribution in [0.1, 0.15) is 20.8 Å². The number of hydrogen-bond donors (Lipinski definition) is 0. The van der Waals surface area contributed by atoms with Gasteiger partial charge in [-0.3, -0.25) is 9.69 Å². The molecule has 1 fully saturated rings. The third-order valence-electron chi connectivity index (χ3n) is 3.30. The number of rotatable bonds is 3. The third-order valence-corrected chi connectivity index (χ3v) is 3.30. The van der Waals surface area contributed by atoms with Gasteiger partial charge in [-0.25, -0.2) is 0 Å². The monoisotopic (exact) mass is 214 g/mol. The standard InChI is InChI=1S/C11H22N2O2/c1-5-12-6-8-13(9-7-12)11(2,3)10(14)15-4/h5-9H2,1-4H3. The molecule has 0 unspecified atom stereocenters. The van der Waals surface area contributed by atoms with Crippen molar-refractivity contribution in [3.05, 3.63) is 0 Å². The van der Waals surface area contributed by atoms with Crippen LogP contribution >= 0.6 is 0 Å². The molecule has 4 heteroatoms. The van der Waals surface area contributed by atoms with Gasteiger partial charge in [0.15, 0.2) is 0 Å². The molecular formula is C11H22N2O2. The first-order chi connectivity index (χ1) is 7.02. The van der Waals surface area contributed by atoms with E-state index in [1.54, 1.807) is 0 Å². The highest BCUT2D eigenvalue weighted by molar-refractivity contribution is 5.79. The topological polar surface area (TPSA) is 32.8 Å². The van der Waals surface area contributed by atoms with Crippen LogP contribution in [0, 0.1) is 0 Å². The summed E-state index contributed by atoms with van der Waals surface area (Å²) in [6.45, 7) is 11.1. The summed E-state index contributed by atoms with van der Waals surface area (Å²) < 4.78 is 4.83. The molecule has 4 nitrogen and oxygen atoms in total. The molecule has 0 aromatic carbocycles. The predicted molar refractivity (Wildman–Crippen MR) is 59.8 cm³/mol. The molecule has 0 N–H and O–H groups in total. The molecule has 15 heavy (non-hydrogen) atoms. The van der Waals surface area contributed by atoms with Crippen molar-refractivity contribution in [1.29, 1.82) is 0 Å². The zero-order valence-corrected chi connectivity index (χ0v) is 10.2. The second kappa shape index (κ2) is 4.94. The molecule has 1 aliphatic heterocycles. The van der Waals surface area contributed by atoms with Crippen LogP contribution in [-0.4, -0.2) is 61.1 Å². The minimum atomic E-state index is -0.491. The summed E-state index contributed by atoms with van der Waals surface area (Å²) in [5.74, 6) is -0.146. The van der Waals surface area contributed by atoms with Crippen molar-refractivity contribution in [3.8, 4) is 0 Å². The van der Waals surface area contributed by atoms with E-state index in [0.717, 1.165) is 32.7 Å². The first-order valence-corrected chi connectivity index (χ1v) is 5.58. The zero-order chi connectivity index (χ0) is 11.5. The van der Waals surface area contributed by atoms with Crippen LogP contribution in [0.3, 0.4) is 0 Å². The summed E-state index contributed by atoms with van der Waals surface area (Å²) in [6.07, 6.45) is 0. The van der Waals surface area contributed by atoms with E-state index >= 15 is 0 Å². The minimum absolute atomic E-state index is 0.146. The molecule has 0 atom stereocenters.